The van der Waals surface area contributed by atoms with Crippen molar-refractivity contribution in [3.63, 3.8) is 0 Å². The van der Waals surface area contributed by atoms with Gasteiger partial charge in [0.1, 0.15) is 0 Å². The fourth-order valence-corrected chi connectivity index (χ4v) is 3.55. The van der Waals surface area contributed by atoms with Crippen LogP contribution in [0.4, 0.5) is 5.69 Å². The molecule has 1 atom stereocenters. The van der Waals surface area contributed by atoms with Crippen molar-refractivity contribution < 1.29 is 9.59 Å². The van der Waals surface area contributed by atoms with Crippen LogP contribution in [-0.4, -0.2) is 40.7 Å². The highest BCUT2D eigenvalue weighted by atomic mass is 32.2. The highest BCUT2D eigenvalue weighted by Crippen LogP contribution is 2.27. The molecule has 2 aliphatic heterocycles. The van der Waals surface area contributed by atoms with Gasteiger partial charge in [-0.15, -0.1) is 0 Å². The van der Waals surface area contributed by atoms with Crippen molar-refractivity contribution >= 4 is 34.4 Å². The summed E-state index contributed by atoms with van der Waals surface area (Å²) >= 11 is 1.69. The molecule has 0 radical (unpaired) electrons. The Morgan fingerprint density at radius 3 is 2.67 bits per heavy atom. The van der Waals surface area contributed by atoms with E-state index in [1.165, 1.54) is 7.05 Å². The lowest BCUT2D eigenvalue weighted by Gasteiger charge is -2.08. The quantitative estimate of drug-likeness (QED) is 0.853. The number of nitrogens with zero attached hydrogens (tertiary/aromatic N) is 2. The van der Waals surface area contributed by atoms with Gasteiger partial charge in [0.05, 0.1) is 17.2 Å². The molecule has 1 N–H and O–H groups in total. The maximum Gasteiger partial charge on any atom is 0.261 e. The lowest BCUT2D eigenvalue weighted by molar-refractivity contribution is 0.0693. The van der Waals surface area contributed by atoms with E-state index in [1.807, 2.05) is 6.07 Å². The number of carbonyl (C=O) groups excluding carboxylic acids is 2. The summed E-state index contributed by atoms with van der Waals surface area (Å²) in [5.41, 5.74) is 1.71. The molecule has 0 unspecified atom stereocenters. The van der Waals surface area contributed by atoms with Gasteiger partial charge in [-0.3, -0.25) is 19.5 Å². The molecule has 0 saturated heterocycles. The van der Waals surface area contributed by atoms with E-state index in [1.54, 1.807) is 23.9 Å². The van der Waals surface area contributed by atoms with Gasteiger partial charge in [-0.05, 0) is 24.1 Å². The second-order valence-electron chi connectivity index (χ2n) is 5.61. The number of carbonyl (C=O) groups is 2. The number of aliphatic imine (C=N–C) groups is 1. The van der Waals surface area contributed by atoms with Crippen LogP contribution in [0.2, 0.25) is 0 Å². The van der Waals surface area contributed by atoms with Crippen molar-refractivity contribution in [1.29, 1.82) is 0 Å². The van der Waals surface area contributed by atoms with Crippen molar-refractivity contribution in [2.45, 2.75) is 19.9 Å². The van der Waals surface area contributed by atoms with Gasteiger partial charge >= 0.3 is 0 Å². The van der Waals surface area contributed by atoms with E-state index in [0.717, 1.165) is 21.5 Å². The lowest BCUT2D eigenvalue weighted by Crippen LogP contribution is -2.24. The molecule has 21 heavy (non-hydrogen) atoms. The lowest BCUT2D eigenvalue weighted by atomic mass is 10.1. The topological polar surface area (TPSA) is 61.8 Å². The fraction of sp³-hybridized carbons (Fsp3) is 0.400. The Morgan fingerprint density at radius 1 is 1.29 bits per heavy atom. The highest BCUT2D eigenvalue weighted by Gasteiger charge is 2.32. The first-order valence-electron chi connectivity index (χ1n) is 6.91. The maximum atomic E-state index is 12.0. The number of benzene rings is 1. The van der Waals surface area contributed by atoms with E-state index in [9.17, 15) is 9.59 Å². The molecule has 0 fully saturated rings. The Hall–Kier alpha value is -1.82. The smallest absolute Gasteiger partial charge is 0.261 e. The number of amides is 2. The van der Waals surface area contributed by atoms with E-state index in [2.05, 4.69) is 24.2 Å². The molecular formula is C15H17N3O2S. The molecule has 2 heterocycles. The third kappa shape index (κ3) is 2.44. The third-order valence-electron chi connectivity index (χ3n) is 3.78. The number of imide groups is 1. The minimum atomic E-state index is -0.250. The zero-order chi connectivity index (χ0) is 15.1. The molecule has 0 saturated carbocycles. The summed E-state index contributed by atoms with van der Waals surface area (Å²) in [7, 11) is 1.50. The first kappa shape index (κ1) is 14.1. The SMILES string of the molecule is CC(C)[C@H]1CSC(Nc2ccc3c(c2)C(=O)N(C)C3=O)=N1. The Balaban J connectivity index is 1.82. The predicted molar refractivity (Wildman–Crippen MR) is 85.0 cm³/mol. The summed E-state index contributed by atoms with van der Waals surface area (Å²) in [6.45, 7) is 4.32. The molecular weight excluding hydrogens is 286 g/mol. The first-order chi connectivity index (χ1) is 9.97. The summed E-state index contributed by atoms with van der Waals surface area (Å²) in [6.07, 6.45) is 0. The minimum Gasteiger partial charge on any atom is -0.335 e. The molecule has 1 aromatic carbocycles. The van der Waals surface area contributed by atoms with Crippen LogP contribution in [0.3, 0.4) is 0 Å². The first-order valence-corrected chi connectivity index (χ1v) is 7.90. The summed E-state index contributed by atoms with van der Waals surface area (Å²) in [6, 6.07) is 5.57. The van der Waals surface area contributed by atoms with Crippen molar-refractivity contribution in [1.82, 2.24) is 4.90 Å². The van der Waals surface area contributed by atoms with E-state index in [4.69, 9.17) is 0 Å². The van der Waals surface area contributed by atoms with E-state index in [0.29, 0.717) is 23.1 Å². The molecule has 0 aliphatic carbocycles. The van der Waals surface area contributed by atoms with Crippen LogP contribution in [0.25, 0.3) is 0 Å². The summed E-state index contributed by atoms with van der Waals surface area (Å²) < 4.78 is 0. The average Bonchev–Trinajstić information content (AvgIpc) is 3.00. The van der Waals surface area contributed by atoms with Gasteiger partial charge in [0, 0.05) is 18.5 Å². The van der Waals surface area contributed by atoms with Gasteiger partial charge in [-0.1, -0.05) is 25.6 Å². The Morgan fingerprint density at radius 2 is 2.00 bits per heavy atom. The van der Waals surface area contributed by atoms with Gasteiger partial charge in [0.15, 0.2) is 5.17 Å². The molecule has 2 aliphatic rings. The number of rotatable bonds is 2. The van der Waals surface area contributed by atoms with Crippen LogP contribution in [0, 0.1) is 5.92 Å². The molecule has 0 bridgehead atoms. The Kier molecular flexibility index (Phi) is 3.49. The number of nitrogens with one attached hydrogen (secondary N) is 1. The predicted octanol–water partition coefficient (Wildman–Crippen LogP) is 2.45. The number of thioether (sulfide) groups is 1. The van der Waals surface area contributed by atoms with Gasteiger partial charge in [0.2, 0.25) is 0 Å². The molecule has 1 aromatic rings. The normalized spacial score (nSPS) is 21.0. The second kappa shape index (κ2) is 5.18. The second-order valence-corrected chi connectivity index (χ2v) is 6.62. The number of amidine groups is 1. The van der Waals surface area contributed by atoms with E-state index < -0.39 is 0 Å². The molecule has 0 spiro atoms. The summed E-state index contributed by atoms with van der Waals surface area (Å²) in [5.74, 6) is 1.00. The monoisotopic (exact) mass is 303 g/mol. The third-order valence-corrected chi connectivity index (χ3v) is 4.77. The fourth-order valence-electron chi connectivity index (χ4n) is 2.36. The standard InChI is InChI=1S/C15H17N3O2S/c1-8(2)12-7-21-15(17-12)16-9-4-5-10-11(6-9)14(20)18(3)13(10)19/h4-6,8,12H,7H2,1-3H3,(H,16,17)/t12-/m1/s1. The van der Waals surface area contributed by atoms with Crippen LogP contribution in [0.5, 0.6) is 0 Å². The molecule has 0 aromatic heterocycles. The summed E-state index contributed by atoms with van der Waals surface area (Å²) in [5, 5.41) is 4.11. The molecule has 2 amide bonds. The number of fused-ring (bicyclic) bond motifs is 1. The Labute approximate surface area is 127 Å². The average molecular weight is 303 g/mol. The number of anilines is 1. The van der Waals surface area contributed by atoms with Gasteiger partial charge in [-0.25, -0.2) is 0 Å². The molecule has 5 nitrogen and oxygen atoms in total. The van der Waals surface area contributed by atoms with Gasteiger partial charge < -0.3 is 5.32 Å². The number of hydrogen-bond acceptors (Lipinski definition) is 5. The van der Waals surface area contributed by atoms with Crippen molar-refractivity contribution in [2.24, 2.45) is 10.9 Å². The van der Waals surface area contributed by atoms with Crippen LogP contribution >= 0.6 is 11.8 Å². The largest absolute Gasteiger partial charge is 0.335 e. The van der Waals surface area contributed by atoms with Crippen LogP contribution in [-0.2, 0) is 0 Å². The van der Waals surface area contributed by atoms with Gasteiger partial charge in [0.25, 0.3) is 11.8 Å². The van der Waals surface area contributed by atoms with E-state index >= 15 is 0 Å². The molecule has 110 valence electrons. The minimum absolute atomic E-state index is 0.242. The Bertz CT molecular complexity index is 654. The van der Waals surface area contributed by atoms with E-state index in [-0.39, 0.29) is 11.8 Å². The zero-order valence-corrected chi connectivity index (χ0v) is 13.0. The van der Waals surface area contributed by atoms with Crippen molar-refractivity contribution in [3.8, 4) is 0 Å². The number of hydrogen-bond donors (Lipinski definition) is 1. The maximum absolute atomic E-state index is 12.0. The van der Waals surface area contributed by atoms with Crippen LogP contribution in [0.15, 0.2) is 23.2 Å². The van der Waals surface area contributed by atoms with Crippen LogP contribution < -0.4 is 5.32 Å². The van der Waals surface area contributed by atoms with Crippen LogP contribution in [0.1, 0.15) is 34.6 Å². The summed E-state index contributed by atoms with van der Waals surface area (Å²) in [4.78, 5) is 29.6. The molecule has 6 heteroatoms. The highest BCUT2D eigenvalue weighted by molar-refractivity contribution is 8.14. The van der Waals surface area contributed by atoms with Crippen molar-refractivity contribution in [3.05, 3.63) is 29.3 Å². The van der Waals surface area contributed by atoms with Gasteiger partial charge in [-0.2, -0.15) is 0 Å². The molecule has 3 rings (SSSR count). The zero-order valence-electron chi connectivity index (χ0n) is 12.2. The van der Waals surface area contributed by atoms with Crippen molar-refractivity contribution in [2.75, 3.05) is 18.1 Å².